The molecular formula is C13H21N5O5. The van der Waals surface area contributed by atoms with Gasteiger partial charge >= 0.3 is 5.97 Å². The van der Waals surface area contributed by atoms with Gasteiger partial charge in [-0.2, -0.15) is 0 Å². The Morgan fingerprint density at radius 3 is 2.52 bits per heavy atom. The number of aliphatic carboxylic acids is 1. The second-order valence-corrected chi connectivity index (χ2v) is 4.44. The van der Waals surface area contributed by atoms with Crippen LogP contribution >= 0.6 is 0 Å². The summed E-state index contributed by atoms with van der Waals surface area (Å²) in [7, 11) is 0. The second kappa shape index (κ2) is 11.7. The number of rotatable bonds is 11. The van der Waals surface area contributed by atoms with Crippen LogP contribution in [0.3, 0.4) is 0 Å². The minimum absolute atomic E-state index is 0.0220. The first-order valence-electron chi connectivity index (χ1n) is 6.84. The molecule has 0 spiro atoms. The van der Waals surface area contributed by atoms with Gasteiger partial charge in [-0.1, -0.05) is 0 Å². The molecule has 23 heavy (non-hydrogen) atoms. The lowest BCUT2D eigenvalue weighted by Crippen LogP contribution is -2.42. The van der Waals surface area contributed by atoms with Gasteiger partial charge in [0, 0.05) is 25.6 Å². The van der Waals surface area contributed by atoms with Gasteiger partial charge in [0.15, 0.2) is 5.96 Å². The molecule has 0 radical (unpaired) electrons. The summed E-state index contributed by atoms with van der Waals surface area (Å²) in [6, 6.07) is -1.05. The van der Waals surface area contributed by atoms with E-state index in [4.69, 9.17) is 16.6 Å². The van der Waals surface area contributed by atoms with Crippen LogP contribution in [0.25, 0.3) is 0 Å². The summed E-state index contributed by atoms with van der Waals surface area (Å²) in [5.74, 6) is -2.28. The highest BCUT2D eigenvalue weighted by molar-refractivity contribution is 5.91. The van der Waals surface area contributed by atoms with Crippen LogP contribution in [0, 0.1) is 0 Å². The number of nitrogens with one attached hydrogen (secondary N) is 2. The number of amides is 2. The molecule has 7 N–H and O–H groups in total. The summed E-state index contributed by atoms with van der Waals surface area (Å²) in [6.45, 7) is 0.287. The van der Waals surface area contributed by atoms with Crippen LogP contribution in [0.5, 0.6) is 0 Å². The predicted octanol–water partition coefficient (Wildman–Crippen LogP) is -2.13. The Kier molecular flexibility index (Phi) is 10.2. The van der Waals surface area contributed by atoms with E-state index in [1.165, 1.54) is 0 Å². The molecule has 0 saturated heterocycles. The average Bonchev–Trinajstić information content (AvgIpc) is 2.47. The summed E-state index contributed by atoms with van der Waals surface area (Å²) in [5.41, 5.74) is 10.3. The van der Waals surface area contributed by atoms with E-state index in [1.807, 2.05) is 0 Å². The number of nitrogens with zero attached hydrogens (tertiary/aromatic N) is 1. The Morgan fingerprint density at radius 2 is 1.96 bits per heavy atom. The largest absolute Gasteiger partial charge is 0.480 e. The molecule has 0 aromatic carbocycles. The van der Waals surface area contributed by atoms with Crippen LogP contribution in [0.2, 0.25) is 0 Å². The van der Waals surface area contributed by atoms with Crippen LogP contribution in [0.1, 0.15) is 19.3 Å². The Hall–Kier alpha value is -2.91. The molecule has 1 atom stereocenters. The van der Waals surface area contributed by atoms with Crippen LogP contribution < -0.4 is 22.1 Å². The van der Waals surface area contributed by atoms with Crippen molar-refractivity contribution >= 4 is 30.0 Å². The van der Waals surface area contributed by atoms with Gasteiger partial charge in [-0.25, -0.2) is 4.79 Å². The lowest BCUT2D eigenvalue weighted by atomic mass is 10.1. The highest BCUT2D eigenvalue weighted by Gasteiger charge is 2.19. The number of carboxylic acid groups (broad SMARTS) is 1. The van der Waals surface area contributed by atoms with Crippen molar-refractivity contribution < 1.29 is 24.3 Å². The molecule has 0 heterocycles. The maximum Gasteiger partial charge on any atom is 0.326 e. The molecule has 2 amide bonds. The summed E-state index contributed by atoms with van der Waals surface area (Å²) in [4.78, 5) is 47.5. The molecule has 10 nitrogen and oxygen atoms in total. The Balaban J connectivity index is 4.12. The van der Waals surface area contributed by atoms with E-state index in [0.717, 1.165) is 12.2 Å². The standard InChI is InChI=1S/C13H21N5O5/c14-13(15)17-6-1-3-9(12(22)23)18-11(21)5-7-16-10(20)4-2-8-19/h2,4,8-9H,1,3,5-7H2,(H,16,20)(H,18,21)(H,22,23)(H4,14,15,17)/b4-2-. The third-order valence-corrected chi connectivity index (χ3v) is 2.56. The number of hydrogen-bond acceptors (Lipinski definition) is 5. The third-order valence-electron chi connectivity index (χ3n) is 2.56. The lowest BCUT2D eigenvalue weighted by Gasteiger charge is -2.14. The van der Waals surface area contributed by atoms with E-state index in [9.17, 15) is 19.2 Å². The molecule has 0 aromatic heterocycles. The minimum atomic E-state index is -1.17. The maximum absolute atomic E-state index is 11.6. The fourth-order valence-electron chi connectivity index (χ4n) is 1.51. The van der Waals surface area contributed by atoms with Gasteiger partial charge in [-0.05, 0) is 18.9 Å². The number of nitrogens with two attached hydrogens (primary N) is 2. The Labute approximate surface area is 133 Å². The van der Waals surface area contributed by atoms with Crippen LogP contribution in [-0.2, 0) is 19.2 Å². The first-order chi connectivity index (χ1) is 10.9. The number of carbonyl (C=O) groups is 4. The van der Waals surface area contributed by atoms with Gasteiger partial charge in [-0.15, -0.1) is 0 Å². The second-order valence-electron chi connectivity index (χ2n) is 4.44. The molecule has 0 aliphatic heterocycles. The molecule has 0 saturated carbocycles. The Morgan fingerprint density at radius 1 is 1.26 bits per heavy atom. The lowest BCUT2D eigenvalue weighted by molar-refractivity contribution is -0.142. The van der Waals surface area contributed by atoms with Crippen molar-refractivity contribution in [3.8, 4) is 0 Å². The molecule has 0 fully saturated rings. The van der Waals surface area contributed by atoms with Crippen LogP contribution in [0.15, 0.2) is 17.1 Å². The van der Waals surface area contributed by atoms with E-state index in [-0.39, 0.29) is 31.9 Å². The zero-order valence-electron chi connectivity index (χ0n) is 12.5. The van der Waals surface area contributed by atoms with Gasteiger partial charge in [-0.3, -0.25) is 19.4 Å². The van der Waals surface area contributed by atoms with E-state index in [0.29, 0.717) is 12.7 Å². The zero-order valence-corrected chi connectivity index (χ0v) is 12.5. The number of hydrogen-bond donors (Lipinski definition) is 5. The SMILES string of the molecule is NC(N)=NCCCC(NC(=O)CCNC(=O)/C=C\C=O)C(=O)O. The van der Waals surface area contributed by atoms with Gasteiger partial charge in [0.25, 0.3) is 0 Å². The van der Waals surface area contributed by atoms with E-state index >= 15 is 0 Å². The van der Waals surface area contributed by atoms with Gasteiger partial charge in [0.1, 0.15) is 12.3 Å². The van der Waals surface area contributed by atoms with Crippen LogP contribution in [0.4, 0.5) is 0 Å². The first-order valence-corrected chi connectivity index (χ1v) is 6.84. The monoisotopic (exact) mass is 327 g/mol. The number of carboxylic acids is 1. The van der Waals surface area contributed by atoms with Crippen molar-refractivity contribution in [2.45, 2.75) is 25.3 Å². The quantitative estimate of drug-likeness (QED) is 0.0945. The number of allylic oxidation sites excluding steroid dienone is 1. The van der Waals surface area contributed by atoms with Crippen molar-refractivity contribution in [1.82, 2.24) is 10.6 Å². The molecule has 0 aliphatic rings. The van der Waals surface area contributed by atoms with Crippen molar-refractivity contribution in [2.75, 3.05) is 13.1 Å². The maximum atomic E-state index is 11.6. The molecule has 128 valence electrons. The van der Waals surface area contributed by atoms with Crippen molar-refractivity contribution in [2.24, 2.45) is 16.5 Å². The highest BCUT2D eigenvalue weighted by atomic mass is 16.4. The number of carbonyl (C=O) groups excluding carboxylic acids is 3. The average molecular weight is 327 g/mol. The summed E-state index contributed by atoms with van der Waals surface area (Å²) in [5, 5.41) is 13.8. The normalized spacial score (nSPS) is 11.5. The molecule has 0 bridgehead atoms. The topological polar surface area (TPSA) is 177 Å². The number of aldehydes is 1. The Bertz CT molecular complexity index is 485. The zero-order chi connectivity index (χ0) is 17.7. The molecule has 0 rings (SSSR count). The molecule has 1 unspecified atom stereocenters. The summed E-state index contributed by atoms with van der Waals surface area (Å²) in [6.07, 6.45) is 2.97. The van der Waals surface area contributed by atoms with Crippen LogP contribution in [-0.4, -0.2) is 54.3 Å². The molecule has 0 aliphatic carbocycles. The molecule has 10 heteroatoms. The summed E-state index contributed by atoms with van der Waals surface area (Å²) >= 11 is 0. The van der Waals surface area contributed by atoms with E-state index in [2.05, 4.69) is 15.6 Å². The summed E-state index contributed by atoms with van der Waals surface area (Å²) < 4.78 is 0. The fourth-order valence-corrected chi connectivity index (χ4v) is 1.51. The highest BCUT2D eigenvalue weighted by Crippen LogP contribution is 1.99. The third kappa shape index (κ3) is 11.4. The first kappa shape index (κ1) is 20.1. The number of guanidine groups is 1. The van der Waals surface area contributed by atoms with Crippen molar-refractivity contribution in [3.63, 3.8) is 0 Å². The van der Waals surface area contributed by atoms with Crippen molar-refractivity contribution in [1.29, 1.82) is 0 Å². The molecule has 0 aromatic rings. The van der Waals surface area contributed by atoms with Gasteiger partial charge < -0.3 is 27.2 Å². The van der Waals surface area contributed by atoms with E-state index in [1.54, 1.807) is 0 Å². The van der Waals surface area contributed by atoms with E-state index < -0.39 is 23.8 Å². The smallest absolute Gasteiger partial charge is 0.326 e. The van der Waals surface area contributed by atoms with Gasteiger partial charge in [0.2, 0.25) is 11.8 Å². The molecular weight excluding hydrogens is 306 g/mol. The van der Waals surface area contributed by atoms with Crippen molar-refractivity contribution in [3.05, 3.63) is 12.2 Å². The predicted molar refractivity (Wildman–Crippen MR) is 82.3 cm³/mol. The van der Waals surface area contributed by atoms with Gasteiger partial charge in [0.05, 0.1) is 0 Å². The minimum Gasteiger partial charge on any atom is -0.480 e. The fraction of sp³-hybridized carbons (Fsp3) is 0.462. The number of aliphatic imine (C=N–C) groups is 1.